The Bertz CT molecular complexity index is 539. The lowest BCUT2D eigenvalue weighted by Gasteiger charge is -2.17. The van der Waals surface area contributed by atoms with E-state index in [4.69, 9.17) is 4.74 Å². The molecule has 0 saturated carbocycles. The number of likely N-dealkylation sites (N-methyl/N-ethyl adjacent to an activating group) is 1. The highest BCUT2D eigenvalue weighted by molar-refractivity contribution is 5.89. The average Bonchev–Trinajstić information content (AvgIpc) is 2.66. The number of carbonyl (C=O) groups excluding carboxylic acids is 2. The molecule has 4 heteroatoms. The second kappa shape index (κ2) is 14.2. The molecule has 4 nitrogen and oxygen atoms in total. The molecule has 1 amide bonds. The smallest absolute Gasteiger partial charge is 0.338 e. The molecule has 0 spiro atoms. The number of rotatable bonds is 14. The lowest BCUT2D eigenvalue weighted by molar-refractivity contribution is -0.130. The van der Waals surface area contributed by atoms with Gasteiger partial charge >= 0.3 is 5.97 Å². The van der Waals surface area contributed by atoms with Crippen LogP contribution in [0, 0.1) is 6.92 Å². The molecular formula is C23H37NO3. The fraction of sp³-hybridized carbons (Fsp3) is 0.652. The van der Waals surface area contributed by atoms with Gasteiger partial charge in [0.25, 0.3) is 0 Å². The van der Waals surface area contributed by atoms with Gasteiger partial charge in [0.2, 0.25) is 5.91 Å². The molecule has 0 saturated heterocycles. The van der Waals surface area contributed by atoms with Crippen LogP contribution in [-0.2, 0) is 9.53 Å². The van der Waals surface area contributed by atoms with E-state index in [0.717, 1.165) is 18.4 Å². The first-order valence-electron chi connectivity index (χ1n) is 10.5. The zero-order chi connectivity index (χ0) is 19.9. The number of ether oxygens (including phenoxy) is 1. The maximum absolute atomic E-state index is 12.1. The molecule has 0 N–H and O–H groups in total. The maximum Gasteiger partial charge on any atom is 0.338 e. The van der Waals surface area contributed by atoms with Gasteiger partial charge in [-0.15, -0.1) is 0 Å². The van der Waals surface area contributed by atoms with Crippen molar-refractivity contribution in [3.8, 4) is 0 Å². The van der Waals surface area contributed by atoms with Crippen LogP contribution < -0.4 is 0 Å². The summed E-state index contributed by atoms with van der Waals surface area (Å²) in [4.78, 5) is 25.7. The van der Waals surface area contributed by atoms with Crippen LogP contribution in [0.5, 0.6) is 0 Å². The standard InChI is InChI=1S/C23H37NO3/c1-4-5-6-7-8-9-10-11-12-13-22(25)24(3)18-19-27-23(26)21-16-14-20(2)15-17-21/h14-17H,4-13,18-19H2,1-3H3. The number of hydrogen-bond acceptors (Lipinski definition) is 3. The molecule has 152 valence electrons. The highest BCUT2D eigenvalue weighted by Crippen LogP contribution is 2.11. The summed E-state index contributed by atoms with van der Waals surface area (Å²) in [5, 5.41) is 0. The number of nitrogens with zero attached hydrogens (tertiary/aromatic N) is 1. The van der Waals surface area contributed by atoms with Gasteiger partial charge < -0.3 is 9.64 Å². The summed E-state index contributed by atoms with van der Waals surface area (Å²) in [7, 11) is 1.77. The minimum absolute atomic E-state index is 0.129. The lowest BCUT2D eigenvalue weighted by Crippen LogP contribution is -2.30. The monoisotopic (exact) mass is 375 g/mol. The molecule has 0 atom stereocenters. The van der Waals surface area contributed by atoms with Gasteiger partial charge in [0, 0.05) is 13.5 Å². The Morgan fingerprint density at radius 1 is 0.889 bits per heavy atom. The van der Waals surface area contributed by atoms with Crippen molar-refractivity contribution in [1.29, 1.82) is 0 Å². The van der Waals surface area contributed by atoms with Crippen molar-refractivity contribution in [3.05, 3.63) is 35.4 Å². The molecule has 0 aromatic heterocycles. The third-order valence-electron chi connectivity index (χ3n) is 4.87. The van der Waals surface area contributed by atoms with Crippen molar-refractivity contribution < 1.29 is 14.3 Å². The third-order valence-corrected chi connectivity index (χ3v) is 4.87. The van der Waals surface area contributed by atoms with Crippen LogP contribution in [0.2, 0.25) is 0 Å². The average molecular weight is 376 g/mol. The quantitative estimate of drug-likeness (QED) is 0.317. The molecule has 0 heterocycles. The van der Waals surface area contributed by atoms with Crippen LogP contribution in [0.4, 0.5) is 0 Å². The number of benzene rings is 1. The van der Waals surface area contributed by atoms with Crippen molar-refractivity contribution in [3.63, 3.8) is 0 Å². The van der Waals surface area contributed by atoms with Crippen LogP contribution >= 0.6 is 0 Å². The number of aryl methyl sites for hydroxylation is 1. The van der Waals surface area contributed by atoms with Crippen molar-refractivity contribution >= 4 is 11.9 Å². The largest absolute Gasteiger partial charge is 0.460 e. The predicted molar refractivity (Wildman–Crippen MR) is 111 cm³/mol. The van der Waals surface area contributed by atoms with Gasteiger partial charge in [0.15, 0.2) is 0 Å². The van der Waals surface area contributed by atoms with Crippen molar-refractivity contribution in [2.45, 2.75) is 78.1 Å². The van der Waals surface area contributed by atoms with E-state index in [1.165, 1.54) is 44.9 Å². The van der Waals surface area contributed by atoms with Gasteiger partial charge in [-0.1, -0.05) is 76.0 Å². The SMILES string of the molecule is CCCCCCCCCCCC(=O)N(C)CCOC(=O)c1ccc(C)cc1. The molecule has 0 fully saturated rings. The predicted octanol–water partition coefficient (Wildman–Crippen LogP) is 5.53. The second-order valence-electron chi connectivity index (χ2n) is 7.40. The Morgan fingerprint density at radius 2 is 1.44 bits per heavy atom. The molecule has 1 aromatic carbocycles. The highest BCUT2D eigenvalue weighted by Gasteiger charge is 2.10. The van der Waals surface area contributed by atoms with Gasteiger partial charge in [-0.05, 0) is 25.5 Å². The molecule has 1 aromatic rings. The van der Waals surface area contributed by atoms with Crippen molar-refractivity contribution in [2.24, 2.45) is 0 Å². The van der Waals surface area contributed by atoms with E-state index in [9.17, 15) is 9.59 Å². The van der Waals surface area contributed by atoms with E-state index in [1.807, 2.05) is 19.1 Å². The van der Waals surface area contributed by atoms with E-state index >= 15 is 0 Å². The topological polar surface area (TPSA) is 46.6 Å². The maximum atomic E-state index is 12.1. The number of unbranched alkanes of at least 4 members (excludes halogenated alkanes) is 8. The van der Waals surface area contributed by atoms with Gasteiger partial charge in [-0.3, -0.25) is 4.79 Å². The molecule has 0 aliphatic rings. The molecule has 0 aliphatic heterocycles. The number of amides is 1. The first kappa shape index (κ1) is 23.2. The fourth-order valence-corrected chi connectivity index (χ4v) is 2.95. The van der Waals surface area contributed by atoms with Gasteiger partial charge in [0.05, 0.1) is 12.1 Å². The van der Waals surface area contributed by atoms with Crippen molar-refractivity contribution in [2.75, 3.05) is 20.2 Å². The summed E-state index contributed by atoms with van der Waals surface area (Å²) in [5.74, 6) is -0.209. The van der Waals surface area contributed by atoms with E-state index in [-0.39, 0.29) is 18.5 Å². The Hall–Kier alpha value is -1.84. The van der Waals surface area contributed by atoms with Gasteiger partial charge in [-0.25, -0.2) is 4.79 Å². The minimum atomic E-state index is -0.338. The zero-order valence-electron chi connectivity index (χ0n) is 17.5. The Labute approximate surface area is 165 Å². The number of carbonyl (C=O) groups is 2. The van der Waals surface area contributed by atoms with E-state index in [1.54, 1.807) is 24.1 Å². The summed E-state index contributed by atoms with van der Waals surface area (Å²) in [6.45, 7) is 4.88. The summed E-state index contributed by atoms with van der Waals surface area (Å²) in [6, 6.07) is 7.29. The minimum Gasteiger partial charge on any atom is -0.460 e. The lowest BCUT2D eigenvalue weighted by atomic mass is 10.1. The van der Waals surface area contributed by atoms with Crippen LogP contribution in [0.25, 0.3) is 0 Å². The Morgan fingerprint density at radius 3 is 2.04 bits per heavy atom. The first-order valence-corrected chi connectivity index (χ1v) is 10.5. The highest BCUT2D eigenvalue weighted by atomic mass is 16.5. The molecular weight excluding hydrogens is 338 g/mol. The normalized spacial score (nSPS) is 10.6. The second-order valence-corrected chi connectivity index (χ2v) is 7.40. The molecule has 1 rings (SSSR count). The molecule has 0 aliphatic carbocycles. The number of esters is 1. The summed E-state index contributed by atoms with van der Waals surface area (Å²) in [6.07, 6.45) is 11.8. The fourth-order valence-electron chi connectivity index (χ4n) is 2.95. The molecule has 0 radical (unpaired) electrons. The van der Waals surface area contributed by atoms with E-state index < -0.39 is 0 Å². The van der Waals surface area contributed by atoms with E-state index in [0.29, 0.717) is 18.5 Å². The summed E-state index contributed by atoms with van der Waals surface area (Å²) >= 11 is 0. The van der Waals surface area contributed by atoms with Crippen LogP contribution in [0.15, 0.2) is 24.3 Å². The van der Waals surface area contributed by atoms with Crippen LogP contribution in [-0.4, -0.2) is 37.0 Å². The molecule has 27 heavy (non-hydrogen) atoms. The van der Waals surface area contributed by atoms with E-state index in [2.05, 4.69) is 6.92 Å². The molecule has 0 bridgehead atoms. The molecule has 0 unspecified atom stereocenters. The van der Waals surface area contributed by atoms with Gasteiger partial charge in [-0.2, -0.15) is 0 Å². The van der Waals surface area contributed by atoms with Gasteiger partial charge in [0.1, 0.15) is 6.61 Å². The Balaban J connectivity index is 2.05. The van der Waals surface area contributed by atoms with Crippen LogP contribution in [0.1, 0.15) is 87.1 Å². The Kier molecular flexibility index (Phi) is 12.2. The zero-order valence-corrected chi connectivity index (χ0v) is 17.5. The summed E-state index contributed by atoms with van der Waals surface area (Å²) in [5.41, 5.74) is 1.65. The number of hydrogen-bond donors (Lipinski definition) is 0. The summed E-state index contributed by atoms with van der Waals surface area (Å²) < 4.78 is 5.25. The third kappa shape index (κ3) is 10.8. The first-order chi connectivity index (χ1) is 13.0. The van der Waals surface area contributed by atoms with Crippen LogP contribution in [0.3, 0.4) is 0 Å². The van der Waals surface area contributed by atoms with Crippen molar-refractivity contribution in [1.82, 2.24) is 4.90 Å².